The lowest BCUT2D eigenvalue weighted by Gasteiger charge is -2.19. The summed E-state index contributed by atoms with van der Waals surface area (Å²) in [6, 6.07) is 27.9. The molecule has 0 unspecified atom stereocenters. The zero-order valence-corrected chi connectivity index (χ0v) is 32.9. The molecule has 14 nitrogen and oxygen atoms in total. The van der Waals surface area contributed by atoms with Gasteiger partial charge in [-0.25, -0.2) is 26.3 Å². The van der Waals surface area contributed by atoms with Crippen LogP contribution in [0.15, 0.2) is 140 Å². The molecule has 300 valence electrons. The lowest BCUT2D eigenvalue weighted by molar-refractivity contribution is 0.0937. The Hall–Kier alpha value is -6.20. The molecule has 8 rings (SSSR count). The highest BCUT2D eigenvalue weighted by atomic mass is 32.2. The van der Waals surface area contributed by atoms with Crippen LogP contribution < -0.4 is 28.4 Å². The number of carbonyl (C=O) groups is 2. The number of nitrogens with one attached hydrogen (secondary N) is 2. The molecule has 2 aliphatic heterocycles. The summed E-state index contributed by atoms with van der Waals surface area (Å²) in [4.78, 5) is 25.5. The van der Waals surface area contributed by atoms with Crippen LogP contribution in [-0.4, -0.2) is 42.0 Å². The molecule has 2 N–H and O–H groups in total. The number of rotatable bonds is 14. The second-order valence-electron chi connectivity index (χ2n) is 13.4. The van der Waals surface area contributed by atoms with Crippen molar-refractivity contribution in [2.45, 2.75) is 48.6 Å². The highest BCUT2D eigenvalue weighted by Gasteiger charge is 2.29. The minimum absolute atomic E-state index is 0.101. The number of Topliss-reactive ketones (excluding diaryl/α,β-unsaturated/α-hetero) is 2. The second kappa shape index (κ2) is 17.1. The Bertz CT molecular complexity index is 2420. The summed E-state index contributed by atoms with van der Waals surface area (Å²) in [7, 11) is -7.72. The van der Waals surface area contributed by atoms with E-state index in [1.165, 1.54) is 36.8 Å². The zero-order valence-electron chi connectivity index (χ0n) is 31.2. The number of ketones is 2. The fourth-order valence-electron chi connectivity index (χ4n) is 6.11. The van der Waals surface area contributed by atoms with Gasteiger partial charge in [-0.1, -0.05) is 47.5 Å². The summed E-state index contributed by atoms with van der Waals surface area (Å²) in [5.74, 6) is 1.88. The van der Waals surface area contributed by atoms with E-state index in [0.29, 0.717) is 34.1 Å². The number of fused-ring (bicyclic) bond motifs is 2. The van der Waals surface area contributed by atoms with Crippen molar-refractivity contribution in [3.05, 3.63) is 155 Å². The Kier molecular flexibility index (Phi) is 11.8. The monoisotopic (exact) mass is 826 g/mol. The van der Waals surface area contributed by atoms with Crippen molar-refractivity contribution < 1.29 is 54.2 Å². The van der Waals surface area contributed by atoms with Gasteiger partial charge in [-0.05, 0) is 97.8 Å². The predicted molar refractivity (Wildman–Crippen MR) is 209 cm³/mol. The van der Waals surface area contributed by atoms with Gasteiger partial charge in [0, 0.05) is 12.8 Å². The van der Waals surface area contributed by atoms with Crippen LogP contribution in [-0.2, 0) is 20.0 Å². The normalized spacial score (nSPS) is 14.0. The van der Waals surface area contributed by atoms with Crippen molar-refractivity contribution in [3.63, 3.8) is 0 Å². The number of aryl methyl sites for hydroxylation is 2. The third-order valence-corrected chi connectivity index (χ3v) is 12.2. The predicted octanol–water partition coefficient (Wildman–Crippen LogP) is 7.22. The average Bonchev–Trinajstić information content (AvgIpc) is 4.05. The molecule has 6 aromatic rings. The van der Waals surface area contributed by atoms with Crippen LogP contribution in [0.4, 0.5) is 0 Å². The molecule has 0 saturated carbocycles. The Balaban J connectivity index is 0.000000177. The van der Waals surface area contributed by atoms with E-state index in [9.17, 15) is 26.4 Å². The van der Waals surface area contributed by atoms with Gasteiger partial charge in [-0.2, -0.15) is 0 Å². The minimum Gasteiger partial charge on any atom is -0.461 e. The van der Waals surface area contributed by atoms with Crippen LogP contribution in [0.5, 0.6) is 23.0 Å². The number of sulfonamides is 2. The summed E-state index contributed by atoms with van der Waals surface area (Å²) < 4.78 is 88.7. The van der Waals surface area contributed by atoms with Crippen molar-refractivity contribution in [1.82, 2.24) is 9.44 Å². The molecule has 0 saturated heterocycles. The first kappa shape index (κ1) is 40.0. The third kappa shape index (κ3) is 9.49. The Morgan fingerprint density at radius 2 is 0.914 bits per heavy atom. The van der Waals surface area contributed by atoms with Crippen LogP contribution in [0.3, 0.4) is 0 Å². The summed E-state index contributed by atoms with van der Waals surface area (Å²) >= 11 is 0. The van der Waals surface area contributed by atoms with Crippen molar-refractivity contribution in [2.75, 3.05) is 13.6 Å². The number of hydrogen-bond acceptors (Lipinski definition) is 12. The molecule has 0 bridgehead atoms. The molecule has 2 aromatic heterocycles. The maximum absolute atomic E-state index is 12.9. The van der Waals surface area contributed by atoms with Gasteiger partial charge in [0.15, 0.2) is 46.1 Å². The molecule has 4 aromatic carbocycles. The maximum Gasteiger partial charge on any atom is 0.241 e. The number of hydrogen-bond donors (Lipinski definition) is 2. The summed E-state index contributed by atoms with van der Waals surface area (Å²) in [5.41, 5.74) is 3.07. The van der Waals surface area contributed by atoms with E-state index in [1.807, 2.05) is 13.8 Å². The van der Waals surface area contributed by atoms with Crippen molar-refractivity contribution in [3.8, 4) is 23.0 Å². The number of carbonyl (C=O) groups excluding carboxylic acids is 2. The van der Waals surface area contributed by atoms with E-state index in [4.69, 9.17) is 27.8 Å². The van der Waals surface area contributed by atoms with Gasteiger partial charge < -0.3 is 27.8 Å². The van der Waals surface area contributed by atoms with Gasteiger partial charge in [0.2, 0.25) is 33.6 Å². The maximum atomic E-state index is 12.9. The van der Waals surface area contributed by atoms with Gasteiger partial charge in [-0.3, -0.25) is 9.59 Å². The van der Waals surface area contributed by atoms with E-state index < -0.39 is 32.1 Å². The van der Waals surface area contributed by atoms with Crippen molar-refractivity contribution >= 4 is 31.6 Å². The Morgan fingerprint density at radius 1 is 0.534 bits per heavy atom. The highest BCUT2D eigenvalue weighted by molar-refractivity contribution is 7.89. The van der Waals surface area contributed by atoms with Gasteiger partial charge in [0.1, 0.15) is 0 Å². The molecule has 16 heteroatoms. The lowest BCUT2D eigenvalue weighted by Crippen LogP contribution is -2.30. The molecule has 0 amide bonds. The quantitative estimate of drug-likeness (QED) is 0.105. The van der Waals surface area contributed by atoms with Crippen LogP contribution >= 0.6 is 0 Å². The smallest absolute Gasteiger partial charge is 0.241 e. The standard InChI is InChI=1S/2C21H19NO6S/c2*1-14-4-7-16(8-5-14)29(24,25)22-17(12-18(23)19-3-2-10-26-19)15-6-9-20-21(11-15)28-13-27-20/h2*2-11,17,22H,12-13H2,1H3/t2*17-/m11/s1. The molecule has 58 heavy (non-hydrogen) atoms. The largest absolute Gasteiger partial charge is 0.461 e. The van der Waals surface area contributed by atoms with E-state index in [-0.39, 0.29) is 59.3 Å². The zero-order chi connectivity index (χ0) is 40.9. The molecule has 0 radical (unpaired) electrons. The second-order valence-corrected chi connectivity index (χ2v) is 16.8. The molecule has 4 heterocycles. The van der Waals surface area contributed by atoms with Gasteiger partial charge in [0.25, 0.3) is 0 Å². The molecular weight excluding hydrogens is 789 g/mol. The number of furan rings is 2. The van der Waals surface area contributed by atoms with Gasteiger partial charge >= 0.3 is 0 Å². The lowest BCUT2D eigenvalue weighted by atomic mass is 10.0. The number of benzene rings is 4. The molecule has 0 spiro atoms. The fraction of sp³-hybridized carbons (Fsp3) is 0.190. The summed E-state index contributed by atoms with van der Waals surface area (Å²) in [5, 5.41) is 0. The molecule has 0 fully saturated rings. The van der Waals surface area contributed by atoms with E-state index in [2.05, 4.69) is 9.44 Å². The first-order valence-corrected chi connectivity index (χ1v) is 20.9. The molecular formula is C42H38N2O12S2. The topological polar surface area (TPSA) is 190 Å². The van der Waals surface area contributed by atoms with Gasteiger partial charge in [0.05, 0.1) is 34.4 Å². The first-order chi connectivity index (χ1) is 27.8. The number of ether oxygens (including phenoxy) is 4. The van der Waals surface area contributed by atoms with E-state index in [1.54, 1.807) is 84.9 Å². The van der Waals surface area contributed by atoms with Crippen LogP contribution in [0.2, 0.25) is 0 Å². The van der Waals surface area contributed by atoms with Crippen LogP contribution in [0, 0.1) is 13.8 Å². The van der Waals surface area contributed by atoms with Crippen molar-refractivity contribution in [2.24, 2.45) is 0 Å². The highest BCUT2D eigenvalue weighted by Crippen LogP contribution is 2.37. The van der Waals surface area contributed by atoms with Crippen LogP contribution in [0.1, 0.15) is 68.3 Å². The van der Waals surface area contributed by atoms with Crippen LogP contribution in [0.25, 0.3) is 0 Å². The SMILES string of the molecule is Cc1ccc(S(=O)(=O)N[C@H](CC(=O)c2ccco2)c2ccc3c(c2)OCO3)cc1.Cc1ccc(S(=O)(=O)N[C@H](CC(=O)c2ccco2)c2ccc3c(c2)OCO3)cc1. The minimum atomic E-state index is -3.86. The van der Waals surface area contributed by atoms with Crippen molar-refractivity contribution in [1.29, 1.82) is 0 Å². The molecule has 2 atom stereocenters. The first-order valence-electron chi connectivity index (χ1n) is 18.0. The summed E-state index contributed by atoms with van der Waals surface area (Å²) in [6.45, 7) is 3.95. The average molecular weight is 827 g/mol. The van der Waals surface area contributed by atoms with Gasteiger partial charge in [-0.15, -0.1) is 0 Å². The van der Waals surface area contributed by atoms with E-state index >= 15 is 0 Å². The Labute approximate surface area is 334 Å². The fourth-order valence-corrected chi connectivity index (χ4v) is 8.56. The van der Waals surface area contributed by atoms with E-state index in [0.717, 1.165) is 11.1 Å². The Morgan fingerprint density at radius 3 is 1.28 bits per heavy atom. The third-order valence-electron chi connectivity index (χ3n) is 9.23. The summed E-state index contributed by atoms with van der Waals surface area (Å²) in [6.07, 6.45) is 2.58. The molecule has 2 aliphatic rings. The molecule has 0 aliphatic carbocycles.